The van der Waals surface area contributed by atoms with Crippen LogP contribution in [0.15, 0.2) is 146 Å². The highest BCUT2D eigenvalue weighted by Crippen LogP contribution is 2.31. The molecule has 0 saturated carbocycles. The van der Waals surface area contributed by atoms with Crippen LogP contribution in [0.25, 0.3) is 22.3 Å². The number of nitro benzene ring substituents is 2. The van der Waals surface area contributed by atoms with Gasteiger partial charge in [0.1, 0.15) is 0 Å². The van der Waals surface area contributed by atoms with E-state index in [1.165, 1.54) is 36.4 Å². The van der Waals surface area contributed by atoms with Crippen LogP contribution >= 0.6 is 0 Å². The Morgan fingerprint density at radius 2 is 0.816 bits per heavy atom. The van der Waals surface area contributed by atoms with Gasteiger partial charge in [-0.2, -0.15) is 0 Å². The molecule has 2 N–H and O–H groups in total. The summed E-state index contributed by atoms with van der Waals surface area (Å²) in [4.78, 5) is 48.7. The smallest absolute Gasteiger partial charge is 0.275 e. The van der Waals surface area contributed by atoms with Crippen LogP contribution in [0.5, 0.6) is 0 Å². The lowest BCUT2D eigenvalue weighted by molar-refractivity contribution is -0.386. The van der Waals surface area contributed by atoms with Crippen molar-refractivity contribution in [1.29, 1.82) is 0 Å². The van der Waals surface area contributed by atoms with E-state index in [2.05, 4.69) is 10.6 Å². The minimum absolute atomic E-state index is 0.128. The summed E-state index contributed by atoms with van der Waals surface area (Å²) in [5.74, 6) is -0.885. The quantitative estimate of drug-likeness (QED) is 0.112. The number of anilines is 2. The molecule has 10 nitrogen and oxygen atoms in total. The van der Waals surface area contributed by atoms with Gasteiger partial charge in [-0.05, 0) is 70.8 Å². The van der Waals surface area contributed by atoms with E-state index >= 15 is 0 Å². The number of benzene rings is 6. The Balaban J connectivity index is 1.16. The summed E-state index contributed by atoms with van der Waals surface area (Å²) in [6, 6.07) is 41.8. The van der Waals surface area contributed by atoms with Crippen LogP contribution in [0.4, 0.5) is 22.7 Å². The highest BCUT2D eigenvalue weighted by Gasteiger charge is 2.22. The Morgan fingerprint density at radius 1 is 0.469 bits per heavy atom. The molecular formula is C39H28N4O6. The van der Waals surface area contributed by atoms with Crippen molar-refractivity contribution in [2.45, 2.75) is 6.42 Å². The summed E-state index contributed by atoms with van der Waals surface area (Å²) in [7, 11) is 0. The molecule has 0 radical (unpaired) electrons. The van der Waals surface area contributed by atoms with Crippen molar-refractivity contribution in [3.8, 4) is 22.3 Å². The molecule has 6 aromatic rings. The summed E-state index contributed by atoms with van der Waals surface area (Å²) >= 11 is 0. The van der Waals surface area contributed by atoms with Crippen LogP contribution in [-0.4, -0.2) is 21.7 Å². The van der Waals surface area contributed by atoms with E-state index in [4.69, 9.17) is 0 Å². The van der Waals surface area contributed by atoms with Crippen molar-refractivity contribution in [3.63, 3.8) is 0 Å². The molecule has 6 aromatic carbocycles. The largest absolute Gasteiger partial charge is 0.322 e. The third-order valence-corrected chi connectivity index (χ3v) is 7.97. The fourth-order valence-corrected chi connectivity index (χ4v) is 5.42. The van der Waals surface area contributed by atoms with Crippen molar-refractivity contribution in [2.24, 2.45) is 0 Å². The summed E-state index contributed by atoms with van der Waals surface area (Å²) in [6.45, 7) is 0. The van der Waals surface area contributed by atoms with Crippen LogP contribution in [0, 0.1) is 20.2 Å². The zero-order valence-corrected chi connectivity index (χ0v) is 25.9. The van der Waals surface area contributed by atoms with Crippen molar-refractivity contribution in [3.05, 3.63) is 188 Å². The molecule has 0 saturated heterocycles. The number of carbonyl (C=O) groups excluding carboxylic acids is 2. The first-order chi connectivity index (χ1) is 23.7. The van der Waals surface area contributed by atoms with E-state index in [0.29, 0.717) is 11.1 Å². The van der Waals surface area contributed by atoms with Crippen LogP contribution in [0.1, 0.15) is 31.8 Å². The fourth-order valence-electron chi connectivity index (χ4n) is 5.42. The second kappa shape index (κ2) is 14.2. The van der Waals surface area contributed by atoms with Crippen LogP contribution in [-0.2, 0) is 6.42 Å². The van der Waals surface area contributed by atoms with E-state index in [1.54, 1.807) is 24.3 Å². The first kappa shape index (κ1) is 32.0. The summed E-state index contributed by atoms with van der Waals surface area (Å²) in [6.07, 6.45) is -0.128. The normalized spacial score (nSPS) is 10.6. The Kier molecular flexibility index (Phi) is 9.30. The maximum atomic E-state index is 12.9. The van der Waals surface area contributed by atoms with Gasteiger partial charge in [0.05, 0.1) is 9.85 Å². The molecule has 0 fully saturated rings. The van der Waals surface area contributed by atoms with Crippen LogP contribution in [0.3, 0.4) is 0 Å². The Bertz CT molecular complexity index is 2010. The van der Waals surface area contributed by atoms with E-state index in [0.717, 1.165) is 22.3 Å². The van der Waals surface area contributed by atoms with Gasteiger partial charge in [-0.15, -0.1) is 0 Å². The second-order valence-electron chi connectivity index (χ2n) is 11.2. The third-order valence-electron chi connectivity index (χ3n) is 7.97. The van der Waals surface area contributed by atoms with E-state index in [1.807, 2.05) is 84.9 Å². The lowest BCUT2D eigenvalue weighted by Gasteiger charge is -2.11. The molecule has 240 valence electrons. The molecular weight excluding hydrogens is 620 g/mol. The van der Waals surface area contributed by atoms with Crippen LogP contribution in [0.2, 0.25) is 0 Å². The number of rotatable bonds is 10. The Morgan fingerprint density at radius 3 is 1.16 bits per heavy atom. The number of nitrogens with one attached hydrogen (secondary N) is 2. The lowest BCUT2D eigenvalue weighted by Crippen LogP contribution is -2.12. The van der Waals surface area contributed by atoms with Gasteiger partial charge < -0.3 is 10.6 Å². The van der Waals surface area contributed by atoms with Gasteiger partial charge in [-0.25, -0.2) is 0 Å². The SMILES string of the molecule is O=C(Nc1ccc(Cc2ccc(NC(=O)c3ccc(-c4ccccc4)cc3)cc2[N+](=O)[O-])c([N+](=O)[O-])c1)c1ccc(-c2ccccc2)cc1. The number of hydrogen-bond donors (Lipinski definition) is 2. The number of nitrogens with zero attached hydrogens (tertiary/aromatic N) is 2. The van der Waals surface area contributed by atoms with Gasteiger partial charge in [0.25, 0.3) is 23.2 Å². The maximum Gasteiger partial charge on any atom is 0.275 e. The van der Waals surface area contributed by atoms with E-state index in [9.17, 15) is 29.8 Å². The first-order valence-electron chi connectivity index (χ1n) is 15.2. The molecule has 0 aliphatic heterocycles. The fraction of sp³-hybridized carbons (Fsp3) is 0.0256. The third kappa shape index (κ3) is 7.55. The average Bonchev–Trinajstić information content (AvgIpc) is 3.13. The Labute approximate surface area is 281 Å². The van der Waals surface area contributed by atoms with Gasteiger partial charge in [-0.3, -0.25) is 29.8 Å². The Hall–Kier alpha value is -6.94. The summed E-state index contributed by atoms with van der Waals surface area (Å²) < 4.78 is 0. The molecule has 6 rings (SSSR count). The zero-order valence-electron chi connectivity index (χ0n) is 25.9. The molecule has 0 aliphatic rings. The minimum atomic E-state index is -0.594. The second-order valence-corrected chi connectivity index (χ2v) is 11.2. The number of nitro groups is 2. The van der Waals surface area contributed by atoms with Gasteiger partial charge in [0.2, 0.25) is 0 Å². The molecule has 0 aliphatic carbocycles. The van der Waals surface area contributed by atoms with Crippen molar-refractivity contribution < 1.29 is 19.4 Å². The molecule has 2 amide bonds. The van der Waals surface area contributed by atoms with Gasteiger partial charge >= 0.3 is 0 Å². The van der Waals surface area contributed by atoms with Crippen molar-refractivity contribution >= 4 is 34.6 Å². The molecule has 0 unspecified atom stereocenters. The van der Waals surface area contributed by atoms with E-state index < -0.39 is 21.7 Å². The molecule has 0 heterocycles. The summed E-state index contributed by atoms with van der Waals surface area (Å²) in [5.41, 5.74) is 4.88. The lowest BCUT2D eigenvalue weighted by atomic mass is 10.0. The first-order valence-corrected chi connectivity index (χ1v) is 15.2. The number of amides is 2. The average molecular weight is 649 g/mol. The molecule has 10 heteroatoms. The number of hydrogen-bond acceptors (Lipinski definition) is 6. The topological polar surface area (TPSA) is 144 Å². The molecule has 49 heavy (non-hydrogen) atoms. The maximum absolute atomic E-state index is 12.9. The van der Waals surface area contributed by atoms with Gasteiger partial charge in [-0.1, -0.05) is 84.9 Å². The van der Waals surface area contributed by atoms with E-state index in [-0.39, 0.29) is 40.3 Å². The summed E-state index contributed by atoms with van der Waals surface area (Å²) in [5, 5.41) is 29.5. The monoisotopic (exact) mass is 648 g/mol. The van der Waals surface area contributed by atoms with Crippen LogP contribution < -0.4 is 10.6 Å². The molecule has 0 bridgehead atoms. The minimum Gasteiger partial charge on any atom is -0.322 e. The standard InChI is InChI=1S/C39H28N4O6/c44-38(30-15-11-28(12-16-30)26-7-3-1-4-8-26)40-34-21-19-32(36(24-34)42(46)47)23-33-20-22-35(25-37(33)43(48)49)41-39(45)31-17-13-29(14-18-31)27-9-5-2-6-10-27/h1-22,24-25H,23H2,(H,40,44)(H,41,45). The van der Waals surface area contributed by atoms with Gasteiger partial charge in [0.15, 0.2) is 0 Å². The predicted octanol–water partition coefficient (Wildman–Crippen LogP) is 8.93. The van der Waals surface area contributed by atoms with Gasteiger partial charge in [0, 0.05) is 52.2 Å². The van der Waals surface area contributed by atoms with Crippen molar-refractivity contribution in [2.75, 3.05) is 10.6 Å². The molecule has 0 atom stereocenters. The predicted molar refractivity (Wildman–Crippen MR) is 189 cm³/mol. The molecule has 0 aromatic heterocycles. The number of carbonyl (C=O) groups is 2. The zero-order chi connectivity index (χ0) is 34.3. The highest BCUT2D eigenvalue weighted by molar-refractivity contribution is 6.05. The molecule has 0 spiro atoms. The van der Waals surface area contributed by atoms with Crippen molar-refractivity contribution in [1.82, 2.24) is 0 Å². The highest BCUT2D eigenvalue weighted by atomic mass is 16.6.